The van der Waals surface area contributed by atoms with Crippen LogP contribution >= 0.6 is 0 Å². The molecular formula is C8H10F3N3O2. The molecule has 5 nitrogen and oxygen atoms in total. The van der Waals surface area contributed by atoms with E-state index < -0.39 is 24.0 Å². The predicted octanol–water partition coefficient (Wildman–Crippen LogP) is 0.0582. The topological polar surface area (TPSA) is 56.0 Å². The zero-order valence-electron chi connectivity index (χ0n) is 8.63. The summed E-state index contributed by atoms with van der Waals surface area (Å²) in [7, 11) is 2.53. The molecule has 90 valence electrons. The van der Waals surface area contributed by atoms with Crippen molar-refractivity contribution in [3.8, 4) is 0 Å². The van der Waals surface area contributed by atoms with Crippen LogP contribution in [-0.2, 0) is 14.1 Å². The van der Waals surface area contributed by atoms with E-state index in [1.165, 1.54) is 14.1 Å². The second kappa shape index (κ2) is 4.03. The normalized spacial score (nSPS) is 11.6. The fraction of sp³-hybridized carbons (Fsp3) is 0.500. The van der Waals surface area contributed by atoms with Crippen LogP contribution in [0.3, 0.4) is 0 Å². The predicted molar refractivity (Wildman–Crippen MR) is 51.5 cm³/mol. The molecule has 1 N–H and O–H groups in total. The van der Waals surface area contributed by atoms with Crippen LogP contribution in [0.2, 0.25) is 0 Å². The van der Waals surface area contributed by atoms with Gasteiger partial charge in [0.05, 0.1) is 0 Å². The first kappa shape index (κ1) is 12.3. The van der Waals surface area contributed by atoms with E-state index in [0.717, 1.165) is 15.2 Å². The highest BCUT2D eigenvalue weighted by molar-refractivity contribution is 5.33. The van der Waals surface area contributed by atoms with Crippen LogP contribution in [0.25, 0.3) is 0 Å². The second-order valence-corrected chi connectivity index (χ2v) is 3.24. The number of nitrogens with zero attached hydrogens (tertiary/aromatic N) is 2. The van der Waals surface area contributed by atoms with Crippen molar-refractivity contribution in [2.24, 2.45) is 14.1 Å². The molecule has 0 aliphatic heterocycles. The Morgan fingerprint density at radius 1 is 1.25 bits per heavy atom. The van der Waals surface area contributed by atoms with E-state index in [1.54, 1.807) is 0 Å². The molecule has 0 aliphatic carbocycles. The van der Waals surface area contributed by atoms with Crippen molar-refractivity contribution < 1.29 is 13.2 Å². The van der Waals surface area contributed by atoms with Crippen molar-refractivity contribution in [1.29, 1.82) is 0 Å². The number of nitrogens with one attached hydrogen (secondary N) is 1. The van der Waals surface area contributed by atoms with Gasteiger partial charge in [0.2, 0.25) is 0 Å². The molecule has 0 atom stereocenters. The van der Waals surface area contributed by atoms with Crippen molar-refractivity contribution in [3.05, 3.63) is 26.9 Å². The van der Waals surface area contributed by atoms with E-state index in [9.17, 15) is 22.8 Å². The third-order valence-corrected chi connectivity index (χ3v) is 2.00. The van der Waals surface area contributed by atoms with Gasteiger partial charge in [-0.15, -0.1) is 0 Å². The van der Waals surface area contributed by atoms with Crippen LogP contribution < -0.4 is 16.6 Å². The monoisotopic (exact) mass is 237 g/mol. The van der Waals surface area contributed by atoms with Crippen molar-refractivity contribution in [1.82, 2.24) is 9.13 Å². The first-order valence-electron chi connectivity index (χ1n) is 4.30. The van der Waals surface area contributed by atoms with Crippen LogP contribution in [0.5, 0.6) is 0 Å². The van der Waals surface area contributed by atoms with E-state index in [2.05, 4.69) is 0 Å². The molecule has 0 saturated carbocycles. The van der Waals surface area contributed by atoms with Crippen LogP contribution in [0, 0.1) is 0 Å². The molecule has 16 heavy (non-hydrogen) atoms. The first-order valence-corrected chi connectivity index (χ1v) is 4.30. The molecule has 0 bridgehead atoms. The second-order valence-electron chi connectivity index (χ2n) is 3.24. The molecule has 0 radical (unpaired) electrons. The Hall–Kier alpha value is -1.73. The van der Waals surface area contributed by atoms with Crippen molar-refractivity contribution in [2.45, 2.75) is 6.18 Å². The summed E-state index contributed by atoms with van der Waals surface area (Å²) in [6.07, 6.45) is -4.41. The van der Waals surface area contributed by atoms with Gasteiger partial charge in [0.25, 0.3) is 5.56 Å². The van der Waals surface area contributed by atoms with Gasteiger partial charge in [0, 0.05) is 20.2 Å². The van der Waals surface area contributed by atoms with Gasteiger partial charge >= 0.3 is 11.9 Å². The zero-order chi connectivity index (χ0) is 12.5. The maximum Gasteiger partial charge on any atom is 0.405 e. The molecule has 0 aliphatic rings. The third kappa shape index (κ3) is 2.65. The highest BCUT2D eigenvalue weighted by Gasteiger charge is 2.27. The molecule has 0 spiro atoms. The van der Waals surface area contributed by atoms with Crippen LogP contribution in [0.4, 0.5) is 19.0 Å². The summed E-state index contributed by atoms with van der Waals surface area (Å²) in [6, 6.07) is 0.938. The molecule has 1 rings (SSSR count). The molecule has 0 saturated heterocycles. The van der Waals surface area contributed by atoms with Crippen molar-refractivity contribution in [3.63, 3.8) is 0 Å². The Labute approximate surface area is 88.1 Å². The van der Waals surface area contributed by atoms with Gasteiger partial charge in [-0.05, 0) is 0 Å². The average Bonchev–Trinajstić information content (AvgIpc) is 2.17. The Morgan fingerprint density at radius 3 is 2.31 bits per heavy atom. The minimum Gasteiger partial charge on any atom is -0.362 e. The Bertz CT molecular complexity index is 501. The molecule has 1 aromatic heterocycles. The standard InChI is InChI=1S/C8H10F3N3O2/c1-13-5(12-4-8(9,10)11)3-6(15)14(2)7(13)16/h3,12H,4H2,1-2H3. The number of rotatable bonds is 2. The molecule has 0 amide bonds. The summed E-state index contributed by atoms with van der Waals surface area (Å²) in [5, 5.41) is 1.99. The van der Waals surface area contributed by atoms with Gasteiger partial charge in [-0.1, -0.05) is 0 Å². The van der Waals surface area contributed by atoms with Gasteiger partial charge in [-0.3, -0.25) is 13.9 Å². The number of anilines is 1. The highest BCUT2D eigenvalue weighted by atomic mass is 19.4. The smallest absolute Gasteiger partial charge is 0.362 e. The number of alkyl halides is 3. The summed E-state index contributed by atoms with van der Waals surface area (Å²) >= 11 is 0. The Balaban J connectivity index is 3.08. The van der Waals surface area contributed by atoms with Crippen LogP contribution in [-0.4, -0.2) is 21.9 Å². The van der Waals surface area contributed by atoms with E-state index >= 15 is 0 Å². The molecule has 0 aromatic carbocycles. The summed E-state index contributed by atoms with van der Waals surface area (Å²) in [5.74, 6) is -0.162. The maximum atomic E-state index is 11.9. The van der Waals surface area contributed by atoms with Crippen LogP contribution in [0.1, 0.15) is 0 Å². The largest absolute Gasteiger partial charge is 0.405 e. The number of halogens is 3. The lowest BCUT2D eigenvalue weighted by Gasteiger charge is -2.13. The summed E-state index contributed by atoms with van der Waals surface area (Å²) in [4.78, 5) is 22.5. The SMILES string of the molecule is Cn1c(NCC(F)(F)F)cc(=O)n(C)c1=O. The summed E-state index contributed by atoms with van der Waals surface area (Å²) in [5.41, 5.74) is -1.34. The van der Waals surface area contributed by atoms with Gasteiger partial charge < -0.3 is 5.32 Å². The van der Waals surface area contributed by atoms with Gasteiger partial charge in [0.15, 0.2) is 0 Å². The number of hydrogen-bond donors (Lipinski definition) is 1. The van der Waals surface area contributed by atoms with E-state index in [1.807, 2.05) is 5.32 Å². The van der Waals surface area contributed by atoms with Gasteiger partial charge in [-0.25, -0.2) is 4.79 Å². The average molecular weight is 237 g/mol. The molecule has 0 unspecified atom stereocenters. The van der Waals surface area contributed by atoms with E-state index in [4.69, 9.17) is 0 Å². The fourth-order valence-corrected chi connectivity index (χ4v) is 1.09. The maximum absolute atomic E-state index is 11.9. The minimum atomic E-state index is -4.41. The number of hydrogen-bond acceptors (Lipinski definition) is 3. The summed E-state index contributed by atoms with van der Waals surface area (Å²) < 4.78 is 37.5. The minimum absolute atomic E-state index is 0.162. The molecule has 0 fully saturated rings. The molecular weight excluding hydrogens is 227 g/mol. The quantitative estimate of drug-likeness (QED) is 0.791. The third-order valence-electron chi connectivity index (χ3n) is 2.00. The highest BCUT2D eigenvalue weighted by Crippen LogP contribution is 2.14. The van der Waals surface area contributed by atoms with Crippen molar-refractivity contribution in [2.75, 3.05) is 11.9 Å². The fourth-order valence-electron chi connectivity index (χ4n) is 1.09. The van der Waals surface area contributed by atoms with Gasteiger partial charge in [0.1, 0.15) is 12.4 Å². The lowest BCUT2D eigenvalue weighted by molar-refractivity contribution is -0.115. The zero-order valence-corrected chi connectivity index (χ0v) is 8.63. The Kier molecular flexibility index (Phi) is 3.11. The molecule has 1 aromatic rings. The van der Waals surface area contributed by atoms with E-state index in [0.29, 0.717) is 0 Å². The Morgan fingerprint density at radius 2 is 1.81 bits per heavy atom. The molecule has 1 heterocycles. The lowest BCUT2D eigenvalue weighted by Crippen LogP contribution is -2.38. The van der Waals surface area contributed by atoms with E-state index in [-0.39, 0.29) is 5.82 Å². The van der Waals surface area contributed by atoms with Gasteiger partial charge in [-0.2, -0.15) is 13.2 Å². The lowest BCUT2D eigenvalue weighted by atomic mass is 10.5. The number of aromatic nitrogens is 2. The molecule has 8 heteroatoms. The van der Waals surface area contributed by atoms with Crippen molar-refractivity contribution >= 4 is 5.82 Å². The summed E-state index contributed by atoms with van der Waals surface area (Å²) in [6.45, 7) is -1.30. The van der Waals surface area contributed by atoms with Crippen LogP contribution in [0.15, 0.2) is 15.7 Å². The first-order chi connectivity index (χ1) is 7.22.